The second-order valence-corrected chi connectivity index (χ2v) is 6.05. The van der Waals surface area contributed by atoms with Crippen LogP contribution in [0.2, 0.25) is 0 Å². The highest BCUT2D eigenvalue weighted by atomic mass is 19.1. The molecule has 3 rings (SSSR count). The van der Waals surface area contributed by atoms with Crippen molar-refractivity contribution in [2.45, 2.75) is 26.3 Å². The maximum atomic E-state index is 13.8. The molecule has 0 saturated carbocycles. The molecular formula is C17H22FN7. The van der Waals surface area contributed by atoms with Gasteiger partial charge in [-0.25, -0.2) is 9.37 Å². The number of H-pyrrole nitrogens is 1. The summed E-state index contributed by atoms with van der Waals surface area (Å²) in [6.07, 6.45) is 0. The molecule has 0 unspecified atom stereocenters. The first-order chi connectivity index (χ1) is 12.1. The molecular weight excluding hydrogens is 321 g/mol. The van der Waals surface area contributed by atoms with Crippen LogP contribution in [0.1, 0.15) is 31.0 Å². The fourth-order valence-electron chi connectivity index (χ4n) is 2.53. The van der Waals surface area contributed by atoms with Crippen LogP contribution in [0.25, 0.3) is 11.0 Å². The fourth-order valence-corrected chi connectivity index (χ4v) is 2.53. The number of hydrogen-bond acceptors (Lipinski definition) is 6. The number of rotatable bonds is 7. The molecule has 0 saturated heterocycles. The smallest absolute Gasteiger partial charge is 0.225 e. The Balaban J connectivity index is 1.96. The van der Waals surface area contributed by atoms with Crippen LogP contribution >= 0.6 is 0 Å². The first kappa shape index (κ1) is 17.1. The summed E-state index contributed by atoms with van der Waals surface area (Å²) in [6.45, 7) is 5.47. The van der Waals surface area contributed by atoms with Crippen molar-refractivity contribution < 1.29 is 4.39 Å². The molecule has 0 atom stereocenters. The summed E-state index contributed by atoms with van der Waals surface area (Å²) in [5, 5.41) is 13.6. The number of fused-ring (bicyclic) bond motifs is 1. The topological polar surface area (TPSA) is 105 Å². The monoisotopic (exact) mass is 343 g/mol. The summed E-state index contributed by atoms with van der Waals surface area (Å²) >= 11 is 0. The first-order valence-electron chi connectivity index (χ1n) is 8.27. The molecule has 0 aliphatic heterocycles. The van der Waals surface area contributed by atoms with Crippen LogP contribution < -0.4 is 16.4 Å². The van der Waals surface area contributed by atoms with E-state index in [2.05, 4.69) is 44.6 Å². The van der Waals surface area contributed by atoms with Gasteiger partial charge in [-0.15, -0.1) is 0 Å². The summed E-state index contributed by atoms with van der Waals surface area (Å²) in [5.41, 5.74) is 8.42. The summed E-state index contributed by atoms with van der Waals surface area (Å²) in [7, 11) is 0. The zero-order valence-electron chi connectivity index (χ0n) is 14.3. The Morgan fingerprint density at radius 3 is 2.68 bits per heavy atom. The SMILES string of the molecule is CC(C)c1[nH]nc2c(NCc3ccccc3F)nc(NCCN)nc12. The molecule has 3 aromatic rings. The number of aromatic nitrogens is 4. The molecule has 0 amide bonds. The van der Waals surface area contributed by atoms with Crippen molar-refractivity contribution in [3.63, 3.8) is 0 Å². The second kappa shape index (κ2) is 7.43. The van der Waals surface area contributed by atoms with Crippen molar-refractivity contribution in [3.8, 4) is 0 Å². The van der Waals surface area contributed by atoms with Crippen molar-refractivity contribution >= 4 is 22.8 Å². The third-order valence-electron chi connectivity index (χ3n) is 3.84. The van der Waals surface area contributed by atoms with Crippen molar-refractivity contribution in [1.82, 2.24) is 20.2 Å². The molecule has 2 heterocycles. The van der Waals surface area contributed by atoms with Crippen molar-refractivity contribution in [2.24, 2.45) is 5.73 Å². The summed E-state index contributed by atoms with van der Waals surface area (Å²) in [5.74, 6) is 1.00. The molecule has 0 fully saturated rings. The predicted octanol–water partition coefficient (Wildman–Crippen LogP) is 2.60. The van der Waals surface area contributed by atoms with E-state index < -0.39 is 0 Å². The Kier molecular flexibility index (Phi) is 5.08. The molecule has 5 N–H and O–H groups in total. The number of benzene rings is 1. The Morgan fingerprint density at radius 1 is 1.16 bits per heavy atom. The molecule has 0 bridgehead atoms. The molecule has 25 heavy (non-hydrogen) atoms. The largest absolute Gasteiger partial charge is 0.364 e. The number of hydrogen-bond donors (Lipinski definition) is 4. The standard InChI is InChI=1S/C17H22FN7/c1-10(2)13-14-15(25-24-13)16(23-17(22-14)20-8-7-19)21-9-11-5-3-4-6-12(11)18/h3-6,10H,7-9,19H2,1-2H3,(H,24,25)(H2,20,21,22,23). The zero-order valence-corrected chi connectivity index (χ0v) is 14.3. The minimum absolute atomic E-state index is 0.238. The van der Waals surface area contributed by atoms with Gasteiger partial charge in [-0.05, 0) is 12.0 Å². The van der Waals surface area contributed by atoms with Gasteiger partial charge in [0.1, 0.15) is 11.3 Å². The molecule has 2 aromatic heterocycles. The van der Waals surface area contributed by atoms with E-state index in [0.717, 1.165) is 11.2 Å². The lowest BCUT2D eigenvalue weighted by Crippen LogP contribution is -2.15. The van der Waals surface area contributed by atoms with Gasteiger partial charge in [0.25, 0.3) is 0 Å². The van der Waals surface area contributed by atoms with Gasteiger partial charge in [0.2, 0.25) is 5.95 Å². The second-order valence-electron chi connectivity index (χ2n) is 6.05. The molecule has 7 nitrogen and oxygen atoms in total. The van der Waals surface area contributed by atoms with E-state index in [4.69, 9.17) is 5.73 Å². The maximum absolute atomic E-state index is 13.8. The lowest BCUT2D eigenvalue weighted by Gasteiger charge is -2.10. The van der Waals surface area contributed by atoms with Crippen LogP contribution in [0.3, 0.4) is 0 Å². The van der Waals surface area contributed by atoms with Gasteiger partial charge in [-0.1, -0.05) is 32.0 Å². The van der Waals surface area contributed by atoms with Crippen LogP contribution in [0.4, 0.5) is 16.2 Å². The maximum Gasteiger partial charge on any atom is 0.225 e. The quantitative estimate of drug-likeness (QED) is 0.526. The number of halogens is 1. The van der Waals surface area contributed by atoms with Gasteiger partial charge in [-0.3, -0.25) is 5.10 Å². The molecule has 0 aliphatic carbocycles. The molecule has 8 heteroatoms. The number of aromatic amines is 1. The summed E-state index contributed by atoms with van der Waals surface area (Å²) in [6, 6.07) is 6.64. The Bertz CT molecular complexity index is 859. The highest BCUT2D eigenvalue weighted by molar-refractivity contribution is 5.88. The Morgan fingerprint density at radius 2 is 1.96 bits per heavy atom. The predicted molar refractivity (Wildman–Crippen MR) is 97.0 cm³/mol. The fraction of sp³-hybridized carbons (Fsp3) is 0.353. The minimum Gasteiger partial charge on any atom is -0.364 e. The average Bonchev–Trinajstić information content (AvgIpc) is 3.03. The minimum atomic E-state index is -0.258. The lowest BCUT2D eigenvalue weighted by atomic mass is 10.1. The summed E-state index contributed by atoms with van der Waals surface area (Å²) in [4.78, 5) is 9.00. The summed E-state index contributed by atoms with van der Waals surface area (Å²) < 4.78 is 13.8. The van der Waals surface area contributed by atoms with E-state index in [-0.39, 0.29) is 11.7 Å². The van der Waals surface area contributed by atoms with Gasteiger partial charge < -0.3 is 16.4 Å². The van der Waals surface area contributed by atoms with E-state index in [1.165, 1.54) is 6.07 Å². The highest BCUT2D eigenvalue weighted by Gasteiger charge is 2.16. The van der Waals surface area contributed by atoms with Gasteiger partial charge in [-0.2, -0.15) is 10.1 Å². The van der Waals surface area contributed by atoms with Gasteiger partial charge >= 0.3 is 0 Å². The number of nitrogens with one attached hydrogen (secondary N) is 3. The van der Waals surface area contributed by atoms with Crippen LogP contribution in [-0.2, 0) is 6.54 Å². The van der Waals surface area contributed by atoms with Crippen molar-refractivity contribution in [3.05, 3.63) is 41.3 Å². The third kappa shape index (κ3) is 3.69. The van der Waals surface area contributed by atoms with Crippen molar-refractivity contribution in [1.29, 1.82) is 0 Å². The Hall–Kier alpha value is -2.74. The van der Waals surface area contributed by atoms with Gasteiger partial charge in [0, 0.05) is 25.2 Å². The van der Waals surface area contributed by atoms with Crippen LogP contribution in [0.15, 0.2) is 24.3 Å². The molecule has 132 valence electrons. The normalized spacial score (nSPS) is 11.2. The van der Waals surface area contributed by atoms with E-state index in [9.17, 15) is 4.39 Å². The van der Waals surface area contributed by atoms with Crippen LogP contribution in [0, 0.1) is 5.82 Å². The van der Waals surface area contributed by atoms with Gasteiger partial charge in [0.15, 0.2) is 11.3 Å². The number of nitrogens with two attached hydrogens (primary N) is 1. The lowest BCUT2D eigenvalue weighted by molar-refractivity contribution is 0.613. The van der Waals surface area contributed by atoms with E-state index in [0.29, 0.717) is 42.5 Å². The first-order valence-corrected chi connectivity index (χ1v) is 8.27. The van der Waals surface area contributed by atoms with E-state index in [1.54, 1.807) is 18.2 Å². The van der Waals surface area contributed by atoms with Gasteiger partial charge in [0.05, 0.1) is 5.69 Å². The third-order valence-corrected chi connectivity index (χ3v) is 3.84. The zero-order chi connectivity index (χ0) is 17.8. The van der Waals surface area contributed by atoms with Crippen LogP contribution in [0.5, 0.6) is 0 Å². The van der Waals surface area contributed by atoms with Crippen molar-refractivity contribution in [2.75, 3.05) is 23.7 Å². The number of anilines is 2. The van der Waals surface area contributed by atoms with E-state index in [1.807, 2.05) is 0 Å². The molecule has 0 aliphatic rings. The van der Waals surface area contributed by atoms with E-state index >= 15 is 0 Å². The Labute approximate surface area is 145 Å². The number of nitrogens with zero attached hydrogens (tertiary/aromatic N) is 3. The van der Waals surface area contributed by atoms with Crippen LogP contribution in [-0.4, -0.2) is 33.3 Å². The molecule has 1 aromatic carbocycles. The molecule has 0 radical (unpaired) electrons. The highest BCUT2D eigenvalue weighted by Crippen LogP contribution is 2.27. The average molecular weight is 343 g/mol. The molecule has 0 spiro atoms.